The van der Waals surface area contributed by atoms with Crippen LogP contribution in [0.2, 0.25) is 5.02 Å². The third-order valence-corrected chi connectivity index (χ3v) is 7.16. The van der Waals surface area contributed by atoms with Crippen molar-refractivity contribution in [3.63, 3.8) is 0 Å². The zero-order chi connectivity index (χ0) is 20.4. The number of nitrogens with zero attached hydrogens (tertiary/aromatic N) is 3. The molecule has 2 fully saturated rings. The van der Waals surface area contributed by atoms with E-state index in [4.69, 9.17) is 11.6 Å². The summed E-state index contributed by atoms with van der Waals surface area (Å²) in [7, 11) is 0. The molecule has 1 N–H and O–H groups in total. The Morgan fingerprint density at radius 2 is 2.03 bits per heavy atom. The molecule has 2 heterocycles. The summed E-state index contributed by atoms with van der Waals surface area (Å²) in [5.74, 6) is 0. The van der Waals surface area contributed by atoms with Crippen molar-refractivity contribution in [2.75, 3.05) is 31.5 Å². The molecule has 6 heteroatoms. The number of halogens is 1. The molecule has 0 atom stereocenters. The SMILES string of the molecule is CC1(C#N)CCN(C(=O)Nc2c(Cl)cccc2C2=CCN(C3CCC3)CC2)CC1. The molecule has 0 bridgehead atoms. The minimum absolute atomic E-state index is 0.133. The van der Waals surface area contributed by atoms with Crippen LogP contribution in [0, 0.1) is 16.7 Å². The number of urea groups is 1. The van der Waals surface area contributed by atoms with Crippen LogP contribution in [-0.2, 0) is 0 Å². The second-order valence-electron chi connectivity index (χ2n) is 8.81. The van der Waals surface area contributed by atoms with Crippen LogP contribution in [0.5, 0.6) is 0 Å². The van der Waals surface area contributed by atoms with Crippen molar-refractivity contribution >= 4 is 28.9 Å². The maximum absolute atomic E-state index is 12.9. The third-order valence-electron chi connectivity index (χ3n) is 6.85. The summed E-state index contributed by atoms with van der Waals surface area (Å²) in [5.41, 5.74) is 2.66. The Balaban J connectivity index is 1.46. The van der Waals surface area contributed by atoms with Gasteiger partial charge in [0.2, 0.25) is 0 Å². The number of piperidine rings is 1. The lowest BCUT2D eigenvalue weighted by Gasteiger charge is -2.39. The van der Waals surface area contributed by atoms with E-state index in [1.807, 2.05) is 19.1 Å². The van der Waals surface area contributed by atoms with Crippen molar-refractivity contribution in [3.8, 4) is 6.07 Å². The standard InChI is InChI=1S/C23H29ClN4O/c1-23(16-25)10-14-28(15-11-23)22(29)26-21-19(6-3-7-20(21)24)17-8-12-27(13-9-17)18-4-2-5-18/h3,6-8,18H,2,4-5,9-15H2,1H3,(H,26,29). The summed E-state index contributed by atoms with van der Waals surface area (Å²) in [6.07, 6.45) is 8.67. The Morgan fingerprint density at radius 1 is 1.28 bits per heavy atom. The first-order chi connectivity index (χ1) is 14.0. The fourth-order valence-corrected chi connectivity index (χ4v) is 4.65. The van der Waals surface area contributed by atoms with Crippen molar-refractivity contribution in [1.82, 2.24) is 9.80 Å². The molecule has 1 saturated heterocycles. The molecule has 1 aromatic rings. The van der Waals surface area contributed by atoms with Gasteiger partial charge in [-0.15, -0.1) is 0 Å². The lowest BCUT2D eigenvalue weighted by atomic mass is 9.82. The predicted molar refractivity (Wildman–Crippen MR) is 117 cm³/mol. The predicted octanol–water partition coefficient (Wildman–Crippen LogP) is 5.14. The van der Waals surface area contributed by atoms with Crippen molar-refractivity contribution in [2.45, 2.75) is 51.5 Å². The van der Waals surface area contributed by atoms with E-state index in [0.717, 1.165) is 31.1 Å². The fraction of sp³-hybridized carbons (Fsp3) is 0.565. The molecule has 1 saturated carbocycles. The topological polar surface area (TPSA) is 59.4 Å². The molecular formula is C23H29ClN4O. The second kappa shape index (κ2) is 8.38. The van der Waals surface area contributed by atoms with Gasteiger partial charge < -0.3 is 10.2 Å². The molecule has 2 aliphatic heterocycles. The molecule has 5 nitrogen and oxygen atoms in total. The summed E-state index contributed by atoms with van der Waals surface area (Å²) in [6.45, 7) is 5.19. The van der Waals surface area contributed by atoms with Crippen molar-refractivity contribution in [1.29, 1.82) is 5.26 Å². The van der Waals surface area contributed by atoms with Gasteiger partial charge in [-0.1, -0.05) is 36.2 Å². The number of hydrogen-bond donors (Lipinski definition) is 1. The van der Waals surface area contributed by atoms with Gasteiger partial charge in [0.25, 0.3) is 0 Å². The molecule has 0 unspecified atom stereocenters. The van der Waals surface area contributed by atoms with Crippen LogP contribution in [0.4, 0.5) is 10.5 Å². The van der Waals surface area contributed by atoms with E-state index in [2.05, 4.69) is 28.4 Å². The summed E-state index contributed by atoms with van der Waals surface area (Å²) in [4.78, 5) is 17.2. The number of carbonyl (C=O) groups excluding carboxylic acids is 1. The number of hydrogen-bond acceptors (Lipinski definition) is 3. The maximum atomic E-state index is 12.9. The van der Waals surface area contributed by atoms with E-state index in [-0.39, 0.29) is 11.4 Å². The lowest BCUT2D eigenvalue weighted by molar-refractivity contribution is 0.141. The van der Waals surface area contributed by atoms with Crippen LogP contribution >= 0.6 is 11.6 Å². The van der Waals surface area contributed by atoms with Crippen molar-refractivity contribution in [2.24, 2.45) is 5.41 Å². The van der Waals surface area contributed by atoms with Gasteiger partial charge in [0.1, 0.15) is 0 Å². The normalized spacial score (nSPS) is 22.4. The second-order valence-corrected chi connectivity index (χ2v) is 9.22. The Labute approximate surface area is 178 Å². The highest BCUT2D eigenvalue weighted by atomic mass is 35.5. The quantitative estimate of drug-likeness (QED) is 0.747. The van der Waals surface area contributed by atoms with E-state index in [0.29, 0.717) is 36.6 Å². The number of anilines is 1. The molecule has 0 aromatic heterocycles. The molecular weight excluding hydrogens is 384 g/mol. The van der Waals surface area contributed by atoms with E-state index >= 15 is 0 Å². The first-order valence-corrected chi connectivity index (χ1v) is 11.1. The minimum Gasteiger partial charge on any atom is -0.324 e. The molecule has 4 rings (SSSR count). The van der Waals surface area contributed by atoms with Gasteiger partial charge in [-0.25, -0.2) is 4.79 Å². The third kappa shape index (κ3) is 4.29. The molecule has 1 aromatic carbocycles. The molecule has 1 aliphatic carbocycles. The molecule has 0 spiro atoms. The van der Waals surface area contributed by atoms with Gasteiger partial charge in [-0.05, 0) is 50.7 Å². The van der Waals surface area contributed by atoms with Crippen LogP contribution < -0.4 is 5.32 Å². The number of nitrogens with one attached hydrogen (secondary N) is 1. The number of para-hydroxylation sites is 1. The van der Waals surface area contributed by atoms with Crippen molar-refractivity contribution in [3.05, 3.63) is 34.9 Å². The van der Waals surface area contributed by atoms with E-state index < -0.39 is 0 Å². The summed E-state index contributed by atoms with van der Waals surface area (Å²) in [5, 5.41) is 12.9. The molecule has 2 amide bonds. The molecule has 0 radical (unpaired) electrons. The van der Waals surface area contributed by atoms with E-state index in [9.17, 15) is 10.1 Å². The van der Waals surface area contributed by atoms with Gasteiger partial charge >= 0.3 is 6.03 Å². The van der Waals surface area contributed by atoms with Gasteiger partial charge in [0.05, 0.1) is 22.2 Å². The number of likely N-dealkylation sites (tertiary alicyclic amines) is 1. The number of rotatable bonds is 3. The van der Waals surface area contributed by atoms with Gasteiger partial charge in [0.15, 0.2) is 0 Å². The van der Waals surface area contributed by atoms with Crippen molar-refractivity contribution < 1.29 is 4.79 Å². The molecule has 29 heavy (non-hydrogen) atoms. The van der Waals surface area contributed by atoms with E-state index in [1.54, 1.807) is 4.90 Å². The van der Waals surface area contributed by atoms with Gasteiger partial charge in [-0.2, -0.15) is 5.26 Å². The van der Waals surface area contributed by atoms with Crippen LogP contribution in [0.15, 0.2) is 24.3 Å². The summed E-state index contributed by atoms with van der Waals surface area (Å²) < 4.78 is 0. The van der Waals surface area contributed by atoms with Gasteiger partial charge in [0, 0.05) is 37.8 Å². The maximum Gasteiger partial charge on any atom is 0.321 e. The van der Waals surface area contributed by atoms with Crippen LogP contribution in [0.1, 0.15) is 51.0 Å². The Hall–Kier alpha value is -2.03. The highest BCUT2D eigenvalue weighted by Crippen LogP contribution is 2.36. The number of carbonyl (C=O) groups is 1. The van der Waals surface area contributed by atoms with Crippen LogP contribution in [0.3, 0.4) is 0 Å². The average Bonchev–Trinajstić information content (AvgIpc) is 2.69. The lowest BCUT2D eigenvalue weighted by Crippen LogP contribution is -2.44. The first kappa shape index (κ1) is 20.3. The summed E-state index contributed by atoms with van der Waals surface area (Å²) in [6, 6.07) is 8.83. The smallest absolute Gasteiger partial charge is 0.321 e. The largest absolute Gasteiger partial charge is 0.324 e. The van der Waals surface area contributed by atoms with Crippen LogP contribution in [0.25, 0.3) is 5.57 Å². The number of amides is 2. The fourth-order valence-electron chi connectivity index (χ4n) is 4.43. The Bertz CT molecular complexity index is 847. The molecule has 3 aliphatic rings. The highest BCUT2D eigenvalue weighted by Gasteiger charge is 2.32. The number of nitriles is 1. The highest BCUT2D eigenvalue weighted by molar-refractivity contribution is 6.34. The first-order valence-electron chi connectivity index (χ1n) is 10.7. The zero-order valence-electron chi connectivity index (χ0n) is 17.1. The Morgan fingerprint density at radius 3 is 2.62 bits per heavy atom. The zero-order valence-corrected chi connectivity index (χ0v) is 17.8. The summed E-state index contributed by atoms with van der Waals surface area (Å²) >= 11 is 6.50. The Kier molecular flexibility index (Phi) is 5.85. The minimum atomic E-state index is -0.328. The average molecular weight is 413 g/mol. The molecule has 154 valence electrons. The van der Waals surface area contributed by atoms with Gasteiger partial charge in [-0.3, -0.25) is 4.90 Å². The number of benzene rings is 1. The van der Waals surface area contributed by atoms with E-state index in [1.165, 1.54) is 24.8 Å². The van der Waals surface area contributed by atoms with Crippen LogP contribution in [-0.4, -0.2) is 48.1 Å². The monoisotopic (exact) mass is 412 g/mol.